The van der Waals surface area contributed by atoms with Crippen LogP contribution in [0.15, 0.2) is 30.3 Å². The summed E-state index contributed by atoms with van der Waals surface area (Å²) in [7, 11) is 0. The van der Waals surface area contributed by atoms with E-state index in [1.807, 2.05) is 37.3 Å². The van der Waals surface area contributed by atoms with E-state index in [2.05, 4.69) is 10.3 Å². The molecule has 1 aliphatic rings. The van der Waals surface area contributed by atoms with Crippen molar-refractivity contribution in [2.75, 3.05) is 6.54 Å². The lowest BCUT2D eigenvalue weighted by Crippen LogP contribution is -2.51. The van der Waals surface area contributed by atoms with E-state index in [-0.39, 0.29) is 11.4 Å². The third-order valence-corrected chi connectivity index (χ3v) is 5.56. The van der Waals surface area contributed by atoms with Gasteiger partial charge in [0.15, 0.2) is 0 Å². The number of thiazole rings is 1. The SMILES string of the molecule is Cc1nc(-c2ccccc2)sc1C(=O)NC1(CN)CCCC1. The van der Waals surface area contributed by atoms with Gasteiger partial charge in [-0.25, -0.2) is 4.98 Å². The minimum Gasteiger partial charge on any atom is -0.345 e. The molecule has 1 heterocycles. The van der Waals surface area contributed by atoms with E-state index in [1.54, 1.807) is 0 Å². The van der Waals surface area contributed by atoms with E-state index >= 15 is 0 Å². The molecule has 22 heavy (non-hydrogen) atoms. The first-order chi connectivity index (χ1) is 10.6. The third-order valence-electron chi connectivity index (χ3n) is 4.35. The number of benzene rings is 1. The fourth-order valence-electron chi connectivity index (χ4n) is 3.04. The zero-order valence-electron chi connectivity index (χ0n) is 12.8. The third kappa shape index (κ3) is 2.91. The summed E-state index contributed by atoms with van der Waals surface area (Å²) in [5, 5.41) is 4.06. The van der Waals surface area contributed by atoms with Gasteiger partial charge in [-0.05, 0) is 19.8 Å². The van der Waals surface area contributed by atoms with Crippen LogP contribution in [0.2, 0.25) is 0 Å². The number of hydrogen-bond donors (Lipinski definition) is 2. The number of nitrogens with one attached hydrogen (secondary N) is 1. The smallest absolute Gasteiger partial charge is 0.263 e. The molecule has 116 valence electrons. The summed E-state index contributed by atoms with van der Waals surface area (Å²) in [5.41, 5.74) is 7.51. The summed E-state index contributed by atoms with van der Waals surface area (Å²) in [6.07, 6.45) is 4.21. The number of rotatable bonds is 4. The highest BCUT2D eigenvalue weighted by Gasteiger charge is 2.34. The van der Waals surface area contributed by atoms with Gasteiger partial charge < -0.3 is 11.1 Å². The zero-order chi connectivity index (χ0) is 15.6. The van der Waals surface area contributed by atoms with Crippen molar-refractivity contribution in [2.24, 2.45) is 5.73 Å². The lowest BCUT2D eigenvalue weighted by molar-refractivity contribution is 0.0906. The highest BCUT2D eigenvalue weighted by Crippen LogP contribution is 2.31. The second-order valence-corrected chi connectivity index (χ2v) is 6.94. The molecule has 0 radical (unpaired) electrons. The van der Waals surface area contributed by atoms with E-state index in [0.29, 0.717) is 11.4 Å². The average molecular weight is 315 g/mol. The summed E-state index contributed by atoms with van der Waals surface area (Å²) in [4.78, 5) is 17.9. The van der Waals surface area contributed by atoms with Crippen molar-refractivity contribution in [1.29, 1.82) is 0 Å². The van der Waals surface area contributed by atoms with Crippen LogP contribution >= 0.6 is 11.3 Å². The van der Waals surface area contributed by atoms with Gasteiger partial charge in [-0.3, -0.25) is 4.79 Å². The molecule has 3 N–H and O–H groups in total. The Kier molecular flexibility index (Phi) is 4.27. The van der Waals surface area contributed by atoms with E-state index in [0.717, 1.165) is 41.9 Å². The molecule has 4 nitrogen and oxygen atoms in total. The Morgan fingerprint density at radius 3 is 2.64 bits per heavy atom. The predicted molar refractivity (Wildman–Crippen MR) is 90.0 cm³/mol. The first-order valence-electron chi connectivity index (χ1n) is 7.69. The van der Waals surface area contributed by atoms with Gasteiger partial charge in [-0.2, -0.15) is 0 Å². The number of aryl methyl sites for hydroxylation is 1. The van der Waals surface area contributed by atoms with Crippen LogP contribution in [0.25, 0.3) is 10.6 Å². The molecule has 1 aliphatic carbocycles. The molecule has 1 aromatic heterocycles. The van der Waals surface area contributed by atoms with Crippen molar-refractivity contribution in [1.82, 2.24) is 10.3 Å². The van der Waals surface area contributed by atoms with Crippen LogP contribution in [-0.4, -0.2) is 23.0 Å². The van der Waals surface area contributed by atoms with Gasteiger partial charge in [-0.15, -0.1) is 11.3 Å². The van der Waals surface area contributed by atoms with Crippen molar-refractivity contribution < 1.29 is 4.79 Å². The van der Waals surface area contributed by atoms with E-state index in [9.17, 15) is 4.79 Å². The minimum absolute atomic E-state index is 0.0375. The molecule has 3 rings (SSSR count). The van der Waals surface area contributed by atoms with Crippen LogP contribution in [0.3, 0.4) is 0 Å². The van der Waals surface area contributed by atoms with Crippen molar-refractivity contribution in [3.63, 3.8) is 0 Å². The molecule has 0 unspecified atom stereocenters. The highest BCUT2D eigenvalue weighted by molar-refractivity contribution is 7.17. The van der Waals surface area contributed by atoms with Crippen LogP contribution in [0, 0.1) is 6.92 Å². The van der Waals surface area contributed by atoms with Gasteiger partial charge in [0.1, 0.15) is 9.88 Å². The molecule has 1 amide bonds. The molecular weight excluding hydrogens is 294 g/mol. The highest BCUT2D eigenvalue weighted by atomic mass is 32.1. The molecule has 0 atom stereocenters. The first-order valence-corrected chi connectivity index (χ1v) is 8.51. The number of amides is 1. The van der Waals surface area contributed by atoms with Crippen molar-refractivity contribution in [3.05, 3.63) is 40.9 Å². The summed E-state index contributed by atoms with van der Waals surface area (Å²) < 4.78 is 0. The molecule has 1 aromatic carbocycles. The number of hydrogen-bond acceptors (Lipinski definition) is 4. The Morgan fingerprint density at radius 1 is 1.32 bits per heavy atom. The average Bonchev–Trinajstić information content (AvgIpc) is 3.15. The molecule has 2 aromatic rings. The number of aromatic nitrogens is 1. The molecule has 1 fully saturated rings. The second kappa shape index (κ2) is 6.18. The fraction of sp³-hybridized carbons (Fsp3) is 0.412. The monoisotopic (exact) mass is 315 g/mol. The molecule has 0 spiro atoms. The molecule has 0 aliphatic heterocycles. The number of carbonyl (C=O) groups excluding carboxylic acids is 1. The molecular formula is C17H21N3OS. The Hall–Kier alpha value is -1.72. The van der Waals surface area contributed by atoms with Crippen LogP contribution in [0.5, 0.6) is 0 Å². The maximum atomic E-state index is 12.6. The zero-order valence-corrected chi connectivity index (χ0v) is 13.6. The van der Waals surface area contributed by atoms with Gasteiger partial charge in [-0.1, -0.05) is 43.2 Å². The van der Waals surface area contributed by atoms with Gasteiger partial charge in [0.25, 0.3) is 5.91 Å². The van der Waals surface area contributed by atoms with Gasteiger partial charge in [0.2, 0.25) is 0 Å². The summed E-state index contributed by atoms with van der Waals surface area (Å²) in [5.74, 6) is -0.0375. The molecule has 0 bridgehead atoms. The van der Waals surface area contributed by atoms with E-state index < -0.39 is 0 Å². The summed E-state index contributed by atoms with van der Waals surface area (Å²) in [6, 6.07) is 9.96. The lowest BCUT2D eigenvalue weighted by Gasteiger charge is -2.28. The maximum Gasteiger partial charge on any atom is 0.263 e. The Labute approximate surface area is 134 Å². The normalized spacial score (nSPS) is 16.6. The lowest BCUT2D eigenvalue weighted by atomic mass is 9.98. The topological polar surface area (TPSA) is 68.0 Å². The van der Waals surface area contributed by atoms with Crippen molar-refractivity contribution in [2.45, 2.75) is 38.1 Å². The van der Waals surface area contributed by atoms with Crippen LogP contribution in [0.1, 0.15) is 41.0 Å². The predicted octanol–water partition coefficient (Wildman–Crippen LogP) is 3.12. The minimum atomic E-state index is -0.222. The Morgan fingerprint density at radius 2 is 2.00 bits per heavy atom. The number of carbonyl (C=O) groups is 1. The standard InChI is InChI=1S/C17H21N3OS/c1-12-14(15(21)20-17(11-18)9-5-6-10-17)22-16(19-12)13-7-3-2-4-8-13/h2-4,7-8H,5-6,9-11,18H2,1H3,(H,20,21). The Balaban J connectivity index is 1.83. The molecule has 0 saturated heterocycles. The van der Waals surface area contributed by atoms with Gasteiger partial charge in [0.05, 0.1) is 11.2 Å². The number of nitrogens with two attached hydrogens (primary N) is 1. The van der Waals surface area contributed by atoms with Crippen LogP contribution in [-0.2, 0) is 0 Å². The van der Waals surface area contributed by atoms with Crippen LogP contribution in [0.4, 0.5) is 0 Å². The van der Waals surface area contributed by atoms with Crippen molar-refractivity contribution >= 4 is 17.2 Å². The van der Waals surface area contributed by atoms with Gasteiger partial charge in [0, 0.05) is 12.1 Å². The fourth-order valence-corrected chi connectivity index (χ4v) is 4.01. The summed E-state index contributed by atoms with van der Waals surface area (Å²) in [6.45, 7) is 2.39. The maximum absolute atomic E-state index is 12.6. The van der Waals surface area contributed by atoms with Gasteiger partial charge >= 0.3 is 0 Å². The largest absolute Gasteiger partial charge is 0.345 e. The first kappa shape index (κ1) is 15.2. The van der Waals surface area contributed by atoms with E-state index in [1.165, 1.54) is 11.3 Å². The van der Waals surface area contributed by atoms with Crippen molar-refractivity contribution in [3.8, 4) is 10.6 Å². The summed E-state index contributed by atoms with van der Waals surface area (Å²) >= 11 is 1.45. The molecule has 1 saturated carbocycles. The van der Waals surface area contributed by atoms with E-state index in [4.69, 9.17) is 5.73 Å². The van der Waals surface area contributed by atoms with Crippen LogP contribution < -0.4 is 11.1 Å². The Bertz CT molecular complexity index is 660. The number of nitrogens with zero attached hydrogens (tertiary/aromatic N) is 1. The quantitative estimate of drug-likeness (QED) is 0.911. The second-order valence-electron chi connectivity index (χ2n) is 5.95. The molecule has 5 heteroatoms.